The van der Waals surface area contributed by atoms with Gasteiger partial charge in [-0.2, -0.15) is 0 Å². The Kier molecular flexibility index (Phi) is 8.84. The molecule has 0 heterocycles. The molecule has 0 aromatic heterocycles. The van der Waals surface area contributed by atoms with Crippen molar-refractivity contribution in [1.29, 1.82) is 0 Å². The van der Waals surface area contributed by atoms with Gasteiger partial charge in [-0.3, -0.25) is 9.59 Å². The van der Waals surface area contributed by atoms with Crippen molar-refractivity contribution in [2.24, 2.45) is 0 Å². The first kappa shape index (κ1) is 23.4. The van der Waals surface area contributed by atoms with Crippen LogP contribution in [0.2, 0.25) is 0 Å². The summed E-state index contributed by atoms with van der Waals surface area (Å²) in [4.78, 5) is 26.9. The van der Waals surface area contributed by atoms with Crippen LogP contribution in [0.1, 0.15) is 43.4 Å². The number of nitrogens with zero attached hydrogens (tertiary/aromatic N) is 1. The highest BCUT2D eigenvalue weighted by Crippen LogP contribution is 2.19. The summed E-state index contributed by atoms with van der Waals surface area (Å²) in [6.45, 7) is 7.88. The molecule has 5 nitrogen and oxygen atoms in total. The molecule has 0 unspecified atom stereocenters. The summed E-state index contributed by atoms with van der Waals surface area (Å²) in [5.41, 5.74) is 2.38. The molecule has 0 aliphatic rings. The van der Waals surface area contributed by atoms with Crippen molar-refractivity contribution in [2.75, 3.05) is 13.2 Å². The first-order valence-corrected chi connectivity index (χ1v) is 10.3. The molecule has 2 aromatic rings. The summed E-state index contributed by atoms with van der Waals surface area (Å²) in [6, 6.07) is 11.2. The number of halogens is 1. The smallest absolute Gasteiger partial charge is 0.261 e. The molecule has 2 amide bonds. The molecule has 0 saturated carbocycles. The Balaban J connectivity index is 2.15. The topological polar surface area (TPSA) is 58.6 Å². The lowest BCUT2D eigenvalue weighted by Gasteiger charge is -2.29. The van der Waals surface area contributed by atoms with E-state index in [0.29, 0.717) is 17.9 Å². The van der Waals surface area contributed by atoms with Crippen molar-refractivity contribution < 1.29 is 18.7 Å². The van der Waals surface area contributed by atoms with Crippen LogP contribution in [-0.2, 0) is 16.1 Å². The maximum absolute atomic E-state index is 14.2. The predicted octanol–water partition coefficient (Wildman–Crippen LogP) is 4.15. The molecule has 30 heavy (non-hydrogen) atoms. The van der Waals surface area contributed by atoms with Gasteiger partial charge in [-0.25, -0.2) is 4.39 Å². The van der Waals surface area contributed by atoms with Crippen molar-refractivity contribution in [3.63, 3.8) is 0 Å². The van der Waals surface area contributed by atoms with Crippen LogP contribution < -0.4 is 10.1 Å². The second-order valence-electron chi connectivity index (χ2n) is 7.49. The Hall–Kier alpha value is -2.89. The Morgan fingerprint density at radius 3 is 2.57 bits per heavy atom. The maximum Gasteiger partial charge on any atom is 0.261 e. The minimum Gasteiger partial charge on any atom is -0.483 e. The summed E-state index contributed by atoms with van der Waals surface area (Å²) in [5, 5.41) is 2.84. The summed E-state index contributed by atoms with van der Waals surface area (Å²) in [5.74, 6) is -0.444. The number of rotatable bonds is 10. The highest BCUT2D eigenvalue weighted by atomic mass is 19.1. The van der Waals surface area contributed by atoms with E-state index in [4.69, 9.17) is 4.74 Å². The zero-order chi connectivity index (χ0) is 22.1. The average Bonchev–Trinajstić information content (AvgIpc) is 2.72. The van der Waals surface area contributed by atoms with Gasteiger partial charge in [0.25, 0.3) is 5.91 Å². The van der Waals surface area contributed by atoms with E-state index in [1.807, 2.05) is 39.0 Å². The third-order valence-electron chi connectivity index (χ3n) is 4.98. The van der Waals surface area contributed by atoms with Crippen molar-refractivity contribution in [3.05, 3.63) is 65.0 Å². The average molecular weight is 415 g/mol. The molecule has 2 aromatic carbocycles. The number of carbonyl (C=O) groups is 2. The fourth-order valence-corrected chi connectivity index (χ4v) is 3.11. The number of benzene rings is 2. The van der Waals surface area contributed by atoms with Crippen LogP contribution in [-0.4, -0.2) is 35.9 Å². The summed E-state index contributed by atoms with van der Waals surface area (Å²) < 4.78 is 19.9. The van der Waals surface area contributed by atoms with Gasteiger partial charge in [0.2, 0.25) is 5.91 Å². The predicted molar refractivity (Wildman–Crippen MR) is 116 cm³/mol. The number of hydrogen-bond acceptors (Lipinski definition) is 3. The lowest BCUT2D eigenvalue weighted by molar-refractivity contribution is -0.142. The van der Waals surface area contributed by atoms with Crippen LogP contribution in [0.25, 0.3) is 0 Å². The number of hydrogen-bond donors (Lipinski definition) is 1. The Labute approximate surface area is 178 Å². The van der Waals surface area contributed by atoms with E-state index in [1.54, 1.807) is 25.1 Å². The number of unbranched alkanes of at least 4 members (excludes halogenated alkanes) is 1. The summed E-state index contributed by atoms with van der Waals surface area (Å²) in [7, 11) is 0. The third kappa shape index (κ3) is 6.58. The highest BCUT2D eigenvalue weighted by molar-refractivity contribution is 5.88. The minimum absolute atomic E-state index is 0.00981. The fourth-order valence-electron chi connectivity index (χ4n) is 3.11. The van der Waals surface area contributed by atoms with E-state index in [2.05, 4.69) is 5.32 Å². The summed E-state index contributed by atoms with van der Waals surface area (Å²) >= 11 is 0. The van der Waals surface area contributed by atoms with E-state index in [9.17, 15) is 14.0 Å². The standard InChI is InChI=1S/C24H31FN2O3/c1-5-6-13-26-24(29)19(4)27(15-20-9-7-8-10-21(20)25)23(28)16-30-22-12-11-17(2)14-18(22)3/h7-12,14,19H,5-6,13,15-16H2,1-4H3,(H,26,29)/t19-/m0/s1. The van der Waals surface area contributed by atoms with E-state index < -0.39 is 11.9 Å². The van der Waals surface area contributed by atoms with Crippen LogP contribution in [0.5, 0.6) is 5.75 Å². The molecule has 162 valence electrons. The SMILES string of the molecule is CCCCNC(=O)[C@H](C)N(Cc1ccccc1F)C(=O)COc1ccc(C)cc1C. The molecular formula is C24H31FN2O3. The Morgan fingerprint density at radius 1 is 1.17 bits per heavy atom. The van der Waals surface area contributed by atoms with Crippen LogP contribution in [0.4, 0.5) is 4.39 Å². The molecule has 2 rings (SSSR count). The van der Waals surface area contributed by atoms with E-state index in [1.165, 1.54) is 11.0 Å². The zero-order valence-corrected chi connectivity index (χ0v) is 18.2. The van der Waals surface area contributed by atoms with Gasteiger partial charge >= 0.3 is 0 Å². The second-order valence-corrected chi connectivity index (χ2v) is 7.49. The van der Waals surface area contributed by atoms with Crippen LogP contribution in [0.15, 0.2) is 42.5 Å². The lowest BCUT2D eigenvalue weighted by Crippen LogP contribution is -2.49. The first-order chi connectivity index (χ1) is 14.3. The molecule has 0 radical (unpaired) electrons. The number of amides is 2. The molecule has 0 saturated heterocycles. The van der Waals surface area contributed by atoms with Crippen molar-refractivity contribution in [3.8, 4) is 5.75 Å². The molecule has 0 fully saturated rings. The number of nitrogens with one attached hydrogen (secondary N) is 1. The molecule has 6 heteroatoms. The summed E-state index contributed by atoms with van der Waals surface area (Å²) in [6.07, 6.45) is 1.81. The number of aryl methyl sites for hydroxylation is 2. The molecule has 1 atom stereocenters. The van der Waals surface area contributed by atoms with Crippen LogP contribution in [0, 0.1) is 19.7 Å². The normalized spacial score (nSPS) is 11.6. The highest BCUT2D eigenvalue weighted by Gasteiger charge is 2.27. The second kappa shape index (κ2) is 11.3. The minimum atomic E-state index is -0.753. The zero-order valence-electron chi connectivity index (χ0n) is 18.2. The first-order valence-electron chi connectivity index (χ1n) is 10.3. The Morgan fingerprint density at radius 2 is 1.90 bits per heavy atom. The van der Waals surface area contributed by atoms with Crippen LogP contribution >= 0.6 is 0 Å². The monoisotopic (exact) mass is 414 g/mol. The van der Waals surface area contributed by atoms with Gasteiger partial charge in [0, 0.05) is 18.7 Å². The van der Waals surface area contributed by atoms with Gasteiger partial charge in [-0.05, 0) is 44.9 Å². The van der Waals surface area contributed by atoms with Gasteiger partial charge < -0.3 is 15.0 Å². The molecule has 0 spiro atoms. The van der Waals surface area contributed by atoms with Crippen molar-refractivity contribution in [1.82, 2.24) is 10.2 Å². The fraction of sp³-hybridized carbons (Fsp3) is 0.417. The molecule has 0 aliphatic heterocycles. The van der Waals surface area contributed by atoms with E-state index in [-0.39, 0.29) is 25.0 Å². The third-order valence-corrected chi connectivity index (χ3v) is 4.98. The largest absolute Gasteiger partial charge is 0.483 e. The van der Waals surface area contributed by atoms with Crippen molar-refractivity contribution >= 4 is 11.8 Å². The molecule has 0 bridgehead atoms. The quantitative estimate of drug-likeness (QED) is 0.594. The van der Waals surface area contributed by atoms with E-state index in [0.717, 1.165) is 24.0 Å². The Bertz CT molecular complexity index is 869. The van der Waals surface area contributed by atoms with Crippen molar-refractivity contribution in [2.45, 2.75) is 53.1 Å². The molecule has 1 N–H and O–H groups in total. The lowest BCUT2D eigenvalue weighted by atomic mass is 10.1. The maximum atomic E-state index is 14.2. The van der Waals surface area contributed by atoms with Crippen LogP contribution in [0.3, 0.4) is 0 Å². The van der Waals surface area contributed by atoms with Gasteiger partial charge in [0.1, 0.15) is 17.6 Å². The number of carbonyl (C=O) groups excluding carboxylic acids is 2. The molecular weight excluding hydrogens is 383 g/mol. The van der Waals surface area contributed by atoms with E-state index >= 15 is 0 Å². The van der Waals surface area contributed by atoms with Gasteiger partial charge in [0.05, 0.1) is 0 Å². The van der Waals surface area contributed by atoms with Gasteiger partial charge in [0.15, 0.2) is 6.61 Å². The van der Waals surface area contributed by atoms with Gasteiger partial charge in [-0.1, -0.05) is 49.2 Å². The van der Waals surface area contributed by atoms with Gasteiger partial charge in [-0.15, -0.1) is 0 Å². The number of ether oxygens (including phenoxy) is 1. The molecule has 0 aliphatic carbocycles.